The van der Waals surface area contributed by atoms with Crippen molar-refractivity contribution in [1.29, 1.82) is 0 Å². The summed E-state index contributed by atoms with van der Waals surface area (Å²) in [5.74, 6) is -0.772. The molecule has 0 saturated heterocycles. The number of rotatable bonds is 10. The summed E-state index contributed by atoms with van der Waals surface area (Å²) in [5.41, 5.74) is 2.06. The zero-order valence-corrected chi connectivity index (χ0v) is 25.6. The fourth-order valence-corrected chi connectivity index (χ4v) is 6.73. The van der Waals surface area contributed by atoms with Gasteiger partial charge in [0.2, 0.25) is 11.8 Å². The van der Waals surface area contributed by atoms with Crippen LogP contribution < -0.4 is 9.62 Å². The Labute approximate surface area is 252 Å². The quantitative estimate of drug-likeness (QED) is 0.287. The van der Waals surface area contributed by atoms with Crippen LogP contribution in [0.2, 0.25) is 10.0 Å². The topological polar surface area (TPSA) is 86.8 Å². The number of hydrogen-bond acceptors (Lipinski definition) is 4. The third kappa shape index (κ3) is 7.82. The van der Waals surface area contributed by atoms with Crippen molar-refractivity contribution < 1.29 is 18.0 Å². The molecule has 4 rings (SSSR count). The van der Waals surface area contributed by atoms with E-state index in [-0.39, 0.29) is 29.1 Å². The van der Waals surface area contributed by atoms with Gasteiger partial charge in [0.25, 0.3) is 10.0 Å². The van der Waals surface area contributed by atoms with Gasteiger partial charge in [-0.05, 0) is 80.3 Å². The molecule has 1 aliphatic carbocycles. The molecule has 1 fully saturated rings. The first-order valence-corrected chi connectivity index (χ1v) is 15.9. The van der Waals surface area contributed by atoms with Crippen LogP contribution in [0.1, 0.15) is 50.2 Å². The molecule has 0 aromatic heterocycles. The first-order chi connectivity index (χ1) is 19.6. The Hall–Kier alpha value is -3.07. The second-order valence-corrected chi connectivity index (χ2v) is 13.1. The molecule has 3 aromatic carbocycles. The predicted molar refractivity (Wildman–Crippen MR) is 164 cm³/mol. The molecule has 0 aliphatic heterocycles. The molecule has 0 radical (unpaired) electrons. The number of sulfonamides is 1. The van der Waals surface area contributed by atoms with Gasteiger partial charge in [-0.1, -0.05) is 72.8 Å². The van der Waals surface area contributed by atoms with Gasteiger partial charge in [0.15, 0.2) is 0 Å². The molecular weight excluding hydrogens is 581 g/mol. The van der Waals surface area contributed by atoms with Crippen molar-refractivity contribution >= 4 is 50.7 Å². The molecular formula is C31H35Cl2N3O4S. The van der Waals surface area contributed by atoms with E-state index in [9.17, 15) is 18.0 Å². The monoisotopic (exact) mass is 615 g/mol. The van der Waals surface area contributed by atoms with Crippen LogP contribution >= 0.6 is 23.2 Å². The van der Waals surface area contributed by atoms with Crippen LogP contribution in [0.4, 0.5) is 5.69 Å². The lowest BCUT2D eigenvalue weighted by Gasteiger charge is -2.33. The molecule has 3 aromatic rings. The van der Waals surface area contributed by atoms with Crippen molar-refractivity contribution in [3.8, 4) is 0 Å². The molecule has 2 amide bonds. The Morgan fingerprint density at radius 1 is 0.927 bits per heavy atom. The van der Waals surface area contributed by atoms with Gasteiger partial charge in [0.05, 0.1) is 10.6 Å². The largest absolute Gasteiger partial charge is 0.352 e. The number of anilines is 1. The maximum atomic E-state index is 14.1. The summed E-state index contributed by atoms with van der Waals surface area (Å²) in [4.78, 5) is 28.9. The summed E-state index contributed by atoms with van der Waals surface area (Å²) < 4.78 is 28.8. The van der Waals surface area contributed by atoms with E-state index >= 15 is 0 Å². The lowest BCUT2D eigenvalue weighted by Crippen LogP contribution is -2.53. The smallest absolute Gasteiger partial charge is 0.264 e. The number of halogens is 2. The minimum Gasteiger partial charge on any atom is -0.352 e. The van der Waals surface area contributed by atoms with Crippen LogP contribution in [0.3, 0.4) is 0 Å². The fraction of sp³-hybridized carbons (Fsp3) is 0.355. The molecule has 1 unspecified atom stereocenters. The second kappa shape index (κ2) is 13.7. The average Bonchev–Trinajstić information content (AvgIpc) is 2.95. The van der Waals surface area contributed by atoms with E-state index in [1.54, 1.807) is 25.1 Å². The highest BCUT2D eigenvalue weighted by Crippen LogP contribution is 2.28. The van der Waals surface area contributed by atoms with Crippen molar-refractivity contribution in [3.05, 3.63) is 94.0 Å². The van der Waals surface area contributed by atoms with Crippen molar-refractivity contribution in [3.63, 3.8) is 0 Å². The Morgan fingerprint density at radius 3 is 2.27 bits per heavy atom. The predicted octanol–water partition coefficient (Wildman–Crippen LogP) is 6.36. The van der Waals surface area contributed by atoms with Crippen molar-refractivity contribution in [2.24, 2.45) is 0 Å². The van der Waals surface area contributed by atoms with E-state index in [1.807, 2.05) is 31.2 Å². The van der Waals surface area contributed by atoms with Crippen molar-refractivity contribution in [2.75, 3.05) is 10.8 Å². The number of carbonyl (C=O) groups is 2. The lowest BCUT2D eigenvalue weighted by molar-refractivity contribution is -0.139. The summed E-state index contributed by atoms with van der Waals surface area (Å²) in [5, 5.41) is 3.82. The van der Waals surface area contributed by atoms with Crippen LogP contribution in [0, 0.1) is 6.92 Å². The zero-order valence-electron chi connectivity index (χ0n) is 23.2. The summed E-state index contributed by atoms with van der Waals surface area (Å²) in [6.07, 6.45) is 5.09. The van der Waals surface area contributed by atoms with Gasteiger partial charge in [-0.25, -0.2) is 8.42 Å². The van der Waals surface area contributed by atoms with Crippen LogP contribution in [0.25, 0.3) is 0 Å². The summed E-state index contributed by atoms with van der Waals surface area (Å²) in [6.45, 7) is 3.24. The van der Waals surface area contributed by atoms with E-state index in [4.69, 9.17) is 23.2 Å². The molecule has 0 spiro atoms. The first kappa shape index (κ1) is 30.9. The maximum Gasteiger partial charge on any atom is 0.264 e. The van der Waals surface area contributed by atoms with E-state index in [1.165, 1.54) is 35.2 Å². The molecule has 1 aliphatic rings. The standard InChI is InChI=1S/C31H35Cl2N3O4S/c1-22-9-6-7-10-24(22)20-35(23(2)31(38)34-27-12-4-3-5-13-27)30(37)21-36(28-14-8-11-26(33)19-28)41(39,40)29-17-15-25(32)16-18-29/h6-11,14-19,23,27H,3-5,12-13,20-21H2,1-2H3,(H,34,38). The molecule has 0 heterocycles. The molecule has 0 bridgehead atoms. The van der Waals surface area contributed by atoms with Crippen LogP contribution in [0.15, 0.2) is 77.7 Å². The Bertz CT molecular complexity index is 1470. The molecule has 41 heavy (non-hydrogen) atoms. The highest BCUT2D eigenvalue weighted by Gasteiger charge is 2.33. The van der Waals surface area contributed by atoms with Gasteiger partial charge in [-0.2, -0.15) is 0 Å². The van der Waals surface area contributed by atoms with Gasteiger partial charge in [0.1, 0.15) is 12.6 Å². The van der Waals surface area contributed by atoms with Crippen molar-refractivity contribution in [1.82, 2.24) is 10.2 Å². The number of benzene rings is 3. The molecule has 1 N–H and O–H groups in total. The first-order valence-electron chi connectivity index (χ1n) is 13.7. The van der Waals surface area contributed by atoms with Gasteiger partial charge in [0, 0.05) is 22.6 Å². The number of amides is 2. The molecule has 7 nitrogen and oxygen atoms in total. The Kier molecular flexibility index (Phi) is 10.3. The fourth-order valence-electron chi connectivity index (χ4n) is 5.02. The zero-order chi connectivity index (χ0) is 29.6. The van der Waals surface area contributed by atoms with Gasteiger partial charge < -0.3 is 10.2 Å². The molecule has 218 valence electrons. The SMILES string of the molecule is Cc1ccccc1CN(C(=O)CN(c1cccc(Cl)c1)S(=O)(=O)c1ccc(Cl)cc1)C(C)C(=O)NC1CCCCC1. The van der Waals surface area contributed by atoms with Crippen LogP contribution in [0.5, 0.6) is 0 Å². The molecule has 1 saturated carbocycles. The normalized spacial score (nSPS) is 14.7. The maximum absolute atomic E-state index is 14.1. The number of hydrogen-bond donors (Lipinski definition) is 1. The number of nitrogens with one attached hydrogen (secondary N) is 1. The highest BCUT2D eigenvalue weighted by molar-refractivity contribution is 7.92. The third-order valence-electron chi connectivity index (χ3n) is 7.50. The van der Waals surface area contributed by atoms with Crippen molar-refractivity contribution in [2.45, 2.75) is 69.5 Å². The van der Waals surface area contributed by atoms with E-state index in [2.05, 4.69) is 5.32 Å². The highest BCUT2D eigenvalue weighted by atomic mass is 35.5. The number of carbonyl (C=O) groups excluding carboxylic acids is 2. The second-order valence-electron chi connectivity index (χ2n) is 10.4. The van der Waals surface area contributed by atoms with E-state index in [0.29, 0.717) is 10.0 Å². The summed E-state index contributed by atoms with van der Waals surface area (Å²) in [7, 11) is -4.20. The van der Waals surface area contributed by atoms with Crippen LogP contribution in [-0.2, 0) is 26.2 Å². The number of nitrogens with zero attached hydrogens (tertiary/aromatic N) is 2. The summed E-state index contributed by atoms with van der Waals surface area (Å²) >= 11 is 12.2. The third-order valence-corrected chi connectivity index (χ3v) is 9.77. The Balaban J connectivity index is 1.68. The number of aryl methyl sites for hydroxylation is 1. The average molecular weight is 617 g/mol. The summed E-state index contributed by atoms with van der Waals surface area (Å²) in [6, 6.07) is 18.9. The van der Waals surface area contributed by atoms with Gasteiger partial charge in [-0.3, -0.25) is 13.9 Å². The van der Waals surface area contributed by atoms with E-state index in [0.717, 1.165) is 47.5 Å². The molecule has 1 atom stereocenters. The molecule has 10 heteroatoms. The van der Waals surface area contributed by atoms with Gasteiger partial charge >= 0.3 is 0 Å². The van der Waals surface area contributed by atoms with Gasteiger partial charge in [-0.15, -0.1) is 0 Å². The van der Waals surface area contributed by atoms with E-state index < -0.39 is 28.5 Å². The Morgan fingerprint density at radius 2 is 1.61 bits per heavy atom. The minimum absolute atomic E-state index is 0.0248. The lowest BCUT2D eigenvalue weighted by atomic mass is 9.95. The minimum atomic E-state index is -4.20. The van der Waals surface area contributed by atoms with Crippen LogP contribution in [-0.4, -0.2) is 43.8 Å².